The third kappa shape index (κ3) is 2.05. The van der Waals surface area contributed by atoms with E-state index in [0.29, 0.717) is 12.2 Å². The smallest absolute Gasteiger partial charge is 0.273 e. The first-order chi connectivity index (χ1) is 9.81. The molecule has 1 heterocycles. The molecule has 100 valence electrons. The molecule has 2 aromatic carbocycles. The van der Waals surface area contributed by atoms with Crippen LogP contribution in [0.4, 0.5) is 0 Å². The second-order valence-corrected chi connectivity index (χ2v) is 4.56. The van der Waals surface area contributed by atoms with Crippen LogP contribution < -0.4 is 4.74 Å². The van der Waals surface area contributed by atoms with Crippen LogP contribution in [0.2, 0.25) is 0 Å². The van der Waals surface area contributed by atoms with Crippen molar-refractivity contribution in [2.24, 2.45) is 0 Å². The summed E-state index contributed by atoms with van der Waals surface area (Å²) in [6.07, 6.45) is -0.0878. The van der Waals surface area contributed by atoms with E-state index in [4.69, 9.17) is 4.74 Å². The molecule has 0 aromatic heterocycles. The van der Waals surface area contributed by atoms with Gasteiger partial charge in [0.25, 0.3) is 5.91 Å². The first kappa shape index (κ1) is 12.4. The zero-order valence-corrected chi connectivity index (χ0v) is 10.7. The van der Waals surface area contributed by atoms with Crippen LogP contribution >= 0.6 is 0 Å². The molecule has 1 saturated heterocycles. The van der Waals surface area contributed by atoms with E-state index < -0.39 is 6.10 Å². The molecule has 0 saturated carbocycles. The Morgan fingerprint density at radius 3 is 2.15 bits per heavy atom. The number of hydrogen-bond donors (Lipinski definition) is 0. The largest absolute Gasteiger partial charge is 0.478 e. The van der Waals surface area contributed by atoms with Crippen LogP contribution in [0.3, 0.4) is 0 Å². The Bertz CT molecular complexity index is 612. The first-order valence-electron chi connectivity index (χ1n) is 6.35. The molecule has 1 aliphatic rings. The topological polar surface area (TPSA) is 46.6 Å². The lowest BCUT2D eigenvalue weighted by Gasteiger charge is -2.43. The molecule has 1 aliphatic heterocycles. The van der Waals surface area contributed by atoms with E-state index in [1.54, 1.807) is 12.1 Å². The highest BCUT2D eigenvalue weighted by Gasteiger charge is 2.50. The molecule has 0 radical (unpaired) electrons. The highest BCUT2D eigenvalue weighted by molar-refractivity contribution is 5.97. The molecular formula is C16H13NO3. The summed E-state index contributed by atoms with van der Waals surface area (Å²) < 4.78 is 5.71. The number of rotatable bonds is 4. The van der Waals surface area contributed by atoms with Gasteiger partial charge in [-0.15, -0.1) is 0 Å². The predicted octanol–water partition coefficient (Wildman–Crippen LogP) is 2.17. The number of imide groups is 1. The van der Waals surface area contributed by atoms with Crippen molar-refractivity contribution in [1.29, 1.82) is 0 Å². The van der Waals surface area contributed by atoms with Crippen LogP contribution in [0, 0.1) is 0 Å². The maximum atomic E-state index is 12.0. The molecule has 4 heteroatoms. The van der Waals surface area contributed by atoms with Crippen molar-refractivity contribution >= 4 is 12.3 Å². The van der Waals surface area contributed by atoms with Crippen LogP contribution in [0.15, 0.2) is 60.7 Å². The van der Waals surface area contributed by atoms with Gasteiger partial charge in [-0.1, -0.05) is 48.5 Å². The molecule has 0 aliphatic carbocycles. The molecule has 4 nitrogen and oxygen atoms in total. The third-order valence-electron chi connectivity index (χ3n) is 3.35. The number of carbonyl (C=O) groups is 2. The Labute approximate surface area is 116 Å². The van der Waals surface area contributed by atoms with Crippen molar-refractivity contribution in [1.82, 2.24) is 4.90 Å². The molecule has 2 atom stereocenters. The average Bonchev–Trinajstić information content (AvgIpc) is 2.51. The minimum absolute atomic E-state index is 0.308. The average molecular weight is 267 g/mol. The third-order valence-corrected chi connectivity index (χ3v) is 3.35. The van der Waals surface area contributed by atoms with Gasteiger partial charge in [0.1, 0.15) is 11.8 Å². The normalized spacial score (nSPS) is 21.2. The Kier molecular flexibility index (Phi) is 3.21. The fourth-order valence-corrected chi connectivity index (χ4v) is 2.35. The Morgan fingerprint density at radius 1 is 0.950 bits per heavy atom. The molecule has 3 rings (SSSR count). The Morgan fingerprint density at radius 2 is 1.55 bits per heavy atom. The monoisotopic (exact) mass is 267 g/mol. The number of amides is 2. The standard InChI is InChI=1S/C16H13NO3/c18-11-17-14(12-7-3-1-4-8-12)15(16(17)19)20-13-9-5-2-6-10-13/h1-11,14-15H/t14-,15+/m0/s1. The van der Waals surface area contributed by atoms with Crippen molar-refractivity contribution < 1.29 is 14.3 Å². The van der Waals surface area contributed by atoms with E-state index in [0.717, 1.165) is 5.56 Å². The van der Waals surface area contributed by atoms with Crippen LogP contribution in [0.25, 0.3) is 0 Å². The van der Waals surface area contributed by atoms with E-state index >= 15 is 0 Å². The van der Waals surface area contributed by atoms with E-state index in [2.05, 4.69) is 0 Å². The zero-order valence-electron chi connectivity index (χ0n) is 10.7. The van der Waals surface area contributed by atoms with Crippen molar-refractivity contribution in [2.45, 2.75) is 12.1 Å². The lowest BCUT2D eigenvalue weighted by molar-refractivity contribution is -0.166. The number of para-hydroxylation sites is 1. The summed E-state index contributed by atoms with van der Waals surface area (Å²) in [6, 6.07) is 18.2. The summed E-state index contributed by atoms with van der Waals surface area (Å²) in [5, 5.41) is 0. The number of β-lactam (4-membered cyclic amide) rings is 1. The summed E-state index contributed by atoms with van der Waals surface area (Å²) in [6.45, 7) is 0. The lowest BCUT2D eigenvalue weighted by Crippen LogP contribution is -2.60. The summed E-state index contributed by atoms with van der Waals surface area (Å²) in [5.74, 6) is 0.315. The Balaban J connectivity index is 1.86. The Hall–Kier alpha value is -2.62. The van der Waals surface area contributed by atoms with E-state index in [9.17, 15) is 9.59 Å². The number of carbonyl (C=O) groups excluding carboxylic acids is 2. The van der Waals surface area contributed by atoms with Crippen molar-refractivity contribution in [3.05, 3.63) is 66.2 Å². The number of benzene rings is 2. The number of nitrogens with zero attached hydrogens (tertiary/aromatic N) is 1. The van der Waals surface area contributed by atoms with Crippen LogP contribution in [0.1, 0.15) is 11.6 Å². The second-order valence-electron chi connectivity index (χ2n) is 4.56. The molecule has 0 bridgehead atoms. The fourth-order valence-electron chi connectivity index (χ4n) is 2.35. The molecule has 0 spiro atoms. The number of hydrogen-bond acceptors (Lipinski definition) is 3. The van der Waals surface area contributed by atoms with Crippen molar-refractivity contribution in [3.63, 3.8) is 0 Å². The first-order valence-corrected chi connectivity index (χ1v) is 6.35. The molecule has 20 heavy (non-hydrogen) atoms. The molecule has 1 fully saturated rings. The molecule has 0 N–H and O–H groups in total. The van der Waals surface area contributed by atoms with E-state index in [1.165, 1.54) is 4.90 Å². The highest BCUT2D eigenvalue weighted by atomic mass is 16.5. The van der Waals surface area contributed by atoms with Gasteiger partial charge in [-0.2, -0.15) is 0 Å². The van der Waals surface area contributed by atoms with Gasteiger partial charge in [0.15, 0.2) is 0 Å². The summed E-state index contributed by atoms with van der Waals surface area (Å²) >= 11 is 0. The summed E-state index contributed by atoms with van der Waals surface area (Å²) in [5.41, 5.74) is 0.889. The molecular weight excluding hydrogens is 254 g/mol. The van der Waals surface area contributed by atoms with Gasteiger partial charge in [0.05, 0.1) is 0 Å². The summed E-state index contributed by atoms with van der Waals surface area (Å²) in [7, 11) is 0. The van der Waals surface area contributed by atoms with Crippen molar-refractivity contribution in [3.8, 4) is 5.75 Å². The van der Waals surface area contributed by atoms with E-state index in [1.807, 2.05) is 48.5 Å². The van der Waals surface area contributed by atoms with Gasteiger partial charge in [0, 0.05) is 0 Å². The van der Waals surface area contributed by atoms with Crippen LogP contribution in [-0.4, -0.2) is 23.3 Å². The quantitative estimate of drug-likeness (QED) is 0.630. The molecule has 2 aromatic rings. The number of likely N-dealkylation sites (tertiary alicyclic amines) is 1. The SMILES string of the molecule is O=CN1C(=O)[C@H](Oc2ccccc2)[C@@H]1c1ccccc1. The zero-order chi connectivity index (χ0) is 13.9. The van der Waals surface area contributed by atoms with Crippen molar-refractivity contribution in [2.75, 3.05) is 0 Å². The maximum Gasteiger partial charge on any atom is 0.273 e. The van der Waals surface area contributed by atoms with Gasteiger partial charge in [-0.05, 0) is 17.7 Å². The molecule has 0 unspecified atom stereocenters. The van der Waals surface area contributed by atoms with Gasteiger partial charge >= 0.3 is 0 Å². The van der Waals surface area contributed by atoms with Crippen LogP contribution in [0.5, 0.6) is 5.75 Å². The van der Waals surface area contributed by atoms with Gasteiger partial charge in [-0.25, -0.2) is 0 Å². The number of ether oxygens (including phenoxy) is 1. The highest BCUT2D eigenvalue weighted by Crippen LogP contribution is 2.36. The maximum absolute atomic E-state index is 12.0. The lowest BCUT2D eigenvalue weighted by atomic mass is 9.91. The summed E-state index contributed by atoms with van der Waals surface area (Å²) in [4.78, 5) is 24.1. The fraction of sp³-hybridized carbons (Fsp3) is 0.125. The minimum atomic E-state index is -0.648. The van der Waals surface area contributed by atoms with Gasteiger partial charge in [-0.3, -0.25) is 14.5 Å². The molecule has 2 amide bonds. The second kappa shape index (κ2) is 5.17. The predicted molar refractivity (Wildman–Crippen MR) is 73.0 cm³/mol. The van der Waals surface area contributed by atoms with E-state index in [-0.39, 0.29) is 11.9 Å². The van der Waals surface area contributed by atoms with Gasteiger partial charge in [0.2, 0.25) is 12.5 Å². The minimum Gasteiger partial charge on any atom is -0.478 e. The van der Waals surface area contributed by atoms with Gasteiger partial charge < -0.3 is 4.74 Å². The van der Waals surface area contributed by atoms with Crippen LogP contribution in [-0.2, 0) is 9.59 Å².